The van der Waals surface area contributed by atoms with Crippen molar-refractivity contribution in [1.82, 2.24) is 35.0 Å². The third-order valence-corrected chi connectivity index (χ3v) is 17.1. The molecule has 5 aromatic rings. The highest BCUT2D eigenvalue weighted by atomic mass is 35.5. The average Bonchev–Trinajstić information content (AvgIpc) is 3.99. The number of carbonyl (C=O) groups is 3. The second-order valence-electron chi connectivity index (χ2n) is 18.9. The Kier molecular flexibility index (Phi) is 12.2. The predicted molar refractivity (Wildman–Crippen MR) is 256 cm³/mol. The van der Waals surface area contributed by atoms with Gasteiger partial charge in [-0.2, -0.15) is 4.98 Å². The number of nitrogen functional groups attached to an aromatic ring is 1. The Balaban J connectivity index is 0.708. The number of anilines is 2. The van der Waals surface area contributed by atoms with E-state index in [9.17, 15) is 28.0 Å². The lowest BCUT2D eigenvalue weighted by atomic mass is 9.85. The lowest BCUT2D eigenvalue weighted by molar-refractivity contribution is -0.136. The minimum absolute atomic E-state index is 0.121. The molecule has 2 aromatic heterocycles. The van der Waals surface area contributed by atoms with Crippen LogP contribution in [0, 0.1) is 11.6 Å². The molecule has 0 spiro atoms. The summed E-state index contributed by atoms with van der Waals surface area (Å²) in [4.78, 5) is 68.2. The third kappa shape index (κ3) is 8.38. The van der Waals surface area contributed by atoms with E-state index in [4.69, 9.17) is 27.1 Å². The minimum atomic E-state index is -0.732. The Morgan fingerprint density at radius 2 is 1.72 bits per heavy atom. The molecule has 8 heterocycles. The Morgan fingerprint density at radius 1 is 0.925 bits per heavy atom. The minimum Gasteiger partial charge on any atom is -0.379 e. The number of carbonyl (C=O) groups excluding carboxylic acids is 3. The Morgan fingerprint density at radius 3 is 2.51 bits per heavy atom. The number of imide groups is 1. The fourth-order valence-corrected chi connectivity index (χ4v) is 13.9. The van der Waals surface area contributed by atoms with Crippen LogP contribution in [-0.4, -0.2) is 112 Å². The molecule has 0 radical (unpaired) electrons. The molecule has 11 rings (SSSR count). The highest BCUT2D eigenvalue weighted by Crippen LogP contribution is 2.50. The van der Waals surface area contributed by atoms with E-state index in [0.29, 0.717) is 68.8 Å². The van der Waals surface area contributed by atoms with Crippen LogP contribution in [0.15, 0.2) is 40.0 Å². The maximum absolute atomic E-state index is 15.0. The van der Waals surface area contributed by atoms with E-state index in [1.165, 1.54) is 17.0 Å². The van der Waals surface area contributed by atoms with Crippen LogP contribution in [0.1, 0.15) is 97.7 Å². The van der Waals surface area contributed by atoms with Crippen molar-refractivity contribution in [3.05, 3.63) is 74.2 Å². The van der Waals surface area contributed by atoms with Crippen LogP contribution < -0.4 is 27.0 Å². The SMILES string of the molecule is Nc1nc2c(-c3c(Cl)cc4c(N5CC6CCC(C5)N6)nc(=O)n5c4c3SC[C@@H]5COCCCCCCN3CCC(c4cc(F)cc5c4CN(C4CCC(=O)NC4=O)C5=O)CC3)ccc(F)c2s1. The van der Waals surface area contributed by atoms with Gasteiger partial charge in [0.2, 0.25) is 11.8 Å². The monoisotopic (exact) mass is 971 g/mol. The molecule has 3 unspecified atom stereocenters. The number of rotatable bonds is 13. The Bertz CT molecular complexity index is 2880. The maximum Gasteiger partial charge on any atom is 0.350 e. The number of nitrogens with zero attached hydrogens (tertiary/aromatic N) is 6. The van der Waals surface area contributed by atoms with E-state index < -0.39 is 23.6 Å². The fraction of sp³-hybridized carbons (Fsp3) is 0.500. The molecule has 2 bridgehead atoms. The molecule has 0 aliphatic carbocycles. The highest BCUT2D eigenvalue weighted by Gasteiger charge is 2.42. The van der Waals surface area contributed by atoms with E-state index in [0.717, 1.165) is 122 Å². The van der Waals surface area contributed by atoms with Crippen LogP contribution in [0.3, 0.4) is 0 Å². The predicted octanol–water partition coefficient (Wildman–Crippen LogP) is 6.99. The molecular formula is C48H52ClF2N9O5S2. The van der Waals surface area contributed by atoms with Gasteiger partial charge < -0.3 is 30.5 Å². The van der Waals surface area contributed by atoms with Gasteiger partial charge in [0.1, 0.15) is 23.5 Å². The summed E-state index contributed by atoms with van der Waals surface area (Å²) >= 11 is 9.94. The summed E-state index contributed by atoms with van der Waals surface area (Å²) in [5, 5.41) is 7.57. The lowest BCUT2D eigenvalue weighted by Crippen LogP contribution is -2.52. The fourth-order valence-electron chi connectivity index (χ4n) is 11.4. The van der Waals surface area contributed by atoms with E-state index in [2.05, 4.69) is 25.4 Å². The topological polar surface area (TPSA) is 168 Å². The number of nitrogens with one attached hydrogen (secondary N) is 2. The summed E-state index contributed by atoms with van der Waals surface area (Å²) in [5.41, 5.74) is 10.3. The zero-order valence-electron chi connectivity index (χ0n) is 37.0. The molecule has 3 amide bonds. The molecule has 19 heteroatoms. The van der Waals surface area contributed by atoms with Crippen LogP contribution in [0.5, 0.6) is 0 Å². The van der Waals surface area contributed by atoms with E-state index >= 15 is 0 Å². The van der Waals surface area contributed by atoms with Gasteiger partial charge in [-0.25, -0.2) is 18.6 Å². The summed E-state index contributed by atoms with van der Waals surface area (Å²) in [6, 6.07) is 7.57. The van der Waals surface area contributed by atoms with Gasteiger partial charge in [-0.15, -0.1) is 11.8 Å². The molecule has 4 saturated heterocycles. The smallest absolute Gasteiger partial charge is 0.350 e. The summed E-state index contributed by atoms with van der Waals surface area (Å²) in [5.74, 6) is -0.666. The number of thiazole rings is 1. The van der Waals surface area contributed by atoms with Crippen molar-refractivity contribution in [2.24, 2.45) is 0 Å². The van der Waals surface area contributed by atoms with Gasteiger partial charge in [-0.1, -0.05) is 35.8 Å². The number of nitrogens with two attached hydrogens (primary N) is 1. The second-order valence-corrected chi connectivity index (χ2v) is 21.4. The van der Waals surface area contributed by atoms with Crippen LogP contribution in [0.25, 0.3) is 32.2 Å². The van der Waals surface area contributed by atoms with Crippen LogP contribution in [-0.2, 0) is 20.9 Å². The first-order valence-electron chi connectivity index (χ1n) is 23.5. The van der Waals surface area contributed by atoms with Crippen molar-refractivity contribution in [2.45, 2.75) is 106 Å². The summed E-state index contributed by atoms with van der Waals surface area (Å²) < 4.78 is 38.4. The standard InChI is InChI=1S/C48H52ClF2N9O5S2/c49-35-19-33-41-43(39(35)30-7-8-36(51)42-40(30)55-47(52)67-42)66-24-29(60(41)48(64)56-44(33)58-20-27-5-6-28(21-58)53-27)23-65-16-4-2-1-3-13-57-14-11-25(12-15-57)31-17-26(50)18-32-34(31)22-59(46(32)63)37-9-10-38(61)54-45(37)62/h7-8,17-19,25,27-29,37,53H,1-6,9-16,20-24H2,(H2,52,55)(H,54,61,62)/t27?,28?,29-,37?/m0/s1. The molecule has 67 heavy (non-hydrogen) atoms. The van der Waals surface area contributed by atoms with Crippen molar-refractivity contribution < 1.29 is 27.9 Å². The number of amides is 3. The normalized spacial score (nSPS) is 23.2. The number of fused-ring (bicyclic) bond motifs is 4. The molecule has 352 valence electrons. The molecule has 3 aromatic carbocycles. The van der Waals surface area contributed by atoms with Crippen molar-refractivity contribution in [3.63, 3.8) is 0 Å². The van der Waals surface area contributed by atoms with E-state index in [1.807, 2.05) is 6.07 Å². The molecule has 6 aliphatic heterocycles. The zero-order chi connectivity index (χ0) is 46.1. The zero-order valence-corrected chi connectivity index (χ0v) is 39.3. The molecule has 6 aliphatic rings. The molecular weight excluding hydrogens is 920 g/mol. The largest absolute Gasteiger partial charge is 0.379 e. The lowest BCUT2D eigenvalue weighted by Gasteiger charge is -2.36. The van der Waals surface area contributed by atoms with Crippen LogP contribution >= 0.6 is 34.7 Å². The number of piperazine rings is 1. The number of piperidine rings is 2. The van der Waals surface area contributed by atoms with Crippen molar-refractivity contribution in [3.8, 4) is 11.1 Å². The second kappa shape index (κ2) is 18.3. The van der Waals surface area contributed by atoms with Crippen LogP contribution in [0.2, 0.25) is 5.02 Å². The number of halogens is 3. The molecule has 4 atom stereocenters. The highest BCUT2D eigenvalue weighted by molar-refractivity contribution is 7.99. The first kappa shape index (κ1) is 44.8. The number of thioether (sulfide) groups is 1. The van der Waals surface area contributed by atoms with Crippen molar-refractivity contribution >= 4 is 84.5 Å². The van der Waals surface area contributed by atoms with Gasteiger partial charge in [0.15, 0.2) is 5.13 Å². The third-order valence-electron chi connectivity index (χ3n) is 14.7. The number of hydrogen-bond acceptors (Lipinski definition) is 13. The van der Waals surface area contributed by atoms with Crippen molar-refractivity contribution in [2.75, 3.05) is 62.3 Å². The number of aromatic nitrogens is 3. The molecule has 14 nitrogen and oxygen atoms in total. The number of likely N-dealkylation sites (tertiary alicyclic amines) is 1. The number of ether oxygens (including phenoxy) is 1. The Hall–Kier alpha value is -4.72. The van der Waals surface area contributed by atoms with Gasteiger partial charge in [0, 0.05) is 77.5 Å². The van der Waals surface area contributed by atoms with Gasteiger partial charge in [-0.3, -0.25) is 24.3 Å². The molecule has 4 N–H and O–H groups in total. The average molecular weight is 973 g/mol. The van der Waals surface area contributed by atoms with Gasteiger partial charge >= 0.3 is 5.69 Å². The van der Waals surface area contributed by atoms with E-state index in [1.54, 1.807) is 28.5 Å². The summed E-state index contributed by atoms with van der Waals surface area (Å²) in [6.07, 6.45) is 8.33. The number of benzene rings is 3. The quantitative estimate of drug-likeness (QED) is 0.0819. The molecule has 0 saturated carbocycles. The Labute approximate surface area is 398 Å². The van der Waals surface area contributed by atoms with Gasteiger partial charge in [-0.05, 0) is 112 Å². The van der Waals surface area contributed by atoms with Crippen LogP contribution in [0.4, 0.5) is 19.7 Å². The maximum atomic E-state index is 15.0. The summed E-state index contributed by atoms with van der Waals surface area (Å²) in [7, 11) is 0. The van der Waals surface area contributed by atoms with Crippen molar-refractivity contribution in [1.29, 1.82) is 0 Å². The number of unbranched alkanes of at least 4 members (excludes halogenated alkanes) is 3. The number of hydrogen-bond donors (Lipinski definition) is 3. The first-order chi connectivity index (χ1) is 32.5. The first-order valence-corrected chi connectivity index (χ1v) is 25.7. The van der Waals surface area contributed by atoms with Gasteiger partial charge in [0.05, 0.1) is 33.4 Å². The van der Waals surface area contributed by atoms with Gasteiger partial charge in [0.25, 0.3) is 5.91 Å². The van der Waals surface area contributed by atoms with E-state index in [-0.39, 0.29) is 54.0 Å². The molecule has 4 fully saturated rings. The summed E-state index contributed by atoms with van der Waals surface area (Å²) in [6.45, 7) is 5.41.